The highest BCUT2D eigenvalue weighted by molar-refractivity contribution is 6.23. The van der Waals surface area contributed by atoms with Gasteiger partial charge in [-0.25, -0.2) is 0 Å². The molecule has 5 rings (SSSR count). The number of benzene rings is 3. The van der Waals surface area contributed by atoms with E-state index in [0.717, 1.165) is 11.3 Å². The number of carbonyl (C=O) groups is 3. The first-order chi connectivity index (χ1) is 17.9. The molecule has 0 bridgehead atoms. The Morgan fingerprint density at radius 2 is 1.57 bits per heavy atom. The second kappa shape index (κ2) is 9.97. The van der Waals surface area contributed by atoms with Gasteiger partial charge in [-0.3, -0.25) is 19.3 Å². The number of anilines is 1. The van der Waals surface area contributed by atoms with E-state index in [1.54, 1.807) is 31.4 Å². The van der Waals surface area contributed by atoms with Crippen molar-refractivity contribution in [1.29, 1.82) is 0 Å². The molecule has 0 spiro atoms. The fourth-order valence-corrected chi connectivity index (χ4v) is 5.11. The summed E-state index contributed by atoms with van der Waals surface area (Å²) in [6.45, 7) is 4.21. The van der Waals surface area contributed by atoms with E-state index in [2.05, 4.69) is 4.90 Å². The average Bonchev–Trinajstić information content (AvgIpc) is 3.17. The van der Waals surface area contributed by atoms with Crippen molar-refractivity contribution in [2.24, 2.45) is 0 Å². The molecule has 0 aromatic heterocycles. The maximum absolute atomic E-state index is 13.6. The van der Waals surface area contributed by atoms with Crippen molar-refractivity contribution in [3.63, 3.8) is 0 Å². The van der Waals surface area contributed by atoms with Crippen LogP contribution in [0.2, 0.25) is 0 Å². The van der Waals surface area contributed by atoms with Gasteiger partial charge in [0.25, 0.3) is 17.7 Å². The molecule has 0 aliphatic carbocycles. The average molecular weight is 500 g/mol. The molecular weight excluding hydrogens is 470 g/mol. The summed E-state index contributed by atoms with van der Waals surface area (Å²) in [5.74, 6) is 0.381. The Morgan fingerprint density at radius 3 is 2.27 bits per heavy atom. The molecule has 190 valence electrons. The largest absolute Gasteiger partial charge is 0.493 e. The SMILES string of the molecule is COc1cccc(CN2C(=O)c3cccc(N4CCN(C(=O)c5ccccc5C)CC4)c3C2=O)c1OC. The number of hydrogen-bond acceptors (Lipinski definition) is 6. The van der Waals surface area contributed by atoms with E-state index in [4.69, 9.17) is 9.47 Å². The lowest BCUT2D eigenvalue weighted by molar-refractivity contribution is 0.0639. The topological polar surface area (TPSA) is 79.4 Å². The van der Waals surface area contributed by atoms with Crippen molar-refractivity contribution >= 4 is 23.4 Å². The Morgan fingerprint density at radius 1 is 0.838 bits per heavy atom. The number of nitrogens with zero attached hydrogens (tertiary/aromatic N) is 3. The molecule has 0 N–H and O–H groups in total. The predicted molar refractivity (Wildman–Crippen MR) is 139 cm³/mol. The highest BCUT2D eigenvalue weighted by Crippen LogP contribution is 2.36. The summed E-state index contributed by atoms with van der Waals surface area (Å²) >= 11 is 0. The zero-order valence-electron chi connectivity index (χ0n) is 21.2. The van der Waals surface area contributed by atoms with Crippen molar-refractivity contribution in [3.8, 4) is 11.5 Å². The zero-order chi connectivity index (χ0) is 26.1. The number of rotatable bonds is 6. The van der Waals surface area contributed by atoms with E-state index in [0.29, 0.717) is 59.9 Å². The number of fused-ring (bicyclic) bond motifs is 1. The van der Waals surface area contributed by atoms with E-state index in [-0.39, 0.29) is 24.3 Å². The lowest BCUT2D eigenvalue weighted by Gasteiger charge is -2.37. The van der Waals surface area contributed by atoms with Gasteiger partial charge in [0, 0.05) is 37.3 Å². The first kappa shape index (κ1) is 24.4. The van der Waals surface area contributed by atoms with Crippen LogP contribution in [0, 0.1) is 6.92 Å². The molecule has 8 heteroatoms. The maximum atomic E-state index is 13.6. The second-order valence-corrected chi connectivity index (χ2v) is 9.14. The summed E-state index contributed by atoms with van der Waals surface area (Å²) in [4.78, 5) is 45.1. The van der Waals surface area contributed by atoms with Crippen molar-refractivity contribution in [3.05, 3.63) is 88.5 Å². The fraction of sp³-hybridized carbons (Fsp3) is 0.276. The summed E-state index contributed by atoms with van der Waals surface area (Å²) in [6.07, 6.45) is 0. The van der Waals surface area contributed by atoms with Crippen LogP contribution in [0.5, 0.6) is 11.5 Å². The molecule has 1 fully saturated rings. The highest BCUT2D eigenvalue weighted by Gasteiger charge is 2.39. The van der Waals surface area contributed by atoms with Crippen LogP contribution in [0.4, 0.5) is 5.69 Å². The molecule has 3 aromatic carbocycles. The van der Waals surface area contributed by atoms with Gasteiger partial charge >= 0.3 is 0 Å². The van der Waals surface area contributed by atoms with E-state index in [1.807, 2.05) is 48.2 Å². The van der Waals surface area contributed by atoms with Gasteiger partial charge in [0.1, 0.15) is 0 Å². The van der Waals surface area contributed by atoms with Gasteiger partial charge in [-0.2, -0.15) is 0 Å². The van der Waals surface area contributed by atoms with Crippen molar-refractivity contribution in [2.45, 2.75) is 13.5 Å². The molecule has 8 nitrogen and oxygen atoms in total. The van der Waals surface area contributed by atoms with Crippen molar-refractivity contribution < 1.29 is 23.9 Å². The fourth-order valence-electron chi connectivity index (χ4n) is 5.11. The van der Waals surface area contributed by atoms with E-state index in [9.17, 15) is 14.4 Å². The number of carbonyl (C=O) groups excluding carboxylic acids is 3. The summed E-state index contributed by atoms with van der Waals surface area (Å²) in [5, 5.41) is 0. The molecule has 37 heavy (non-hydrogen) atoms. The van der Waals surface area contributed by atoms with Crippen LogP contribution in [-0.2, 0) is 6.54 Å². The van der Waals surface area contributed by atoms with Gasteiger partial charge in [0.15, 0.2) is 11.5 Å². The predicted octanol–water partition coefficient (Wildman–Crippen LogP) is 3.77. The number of ether oxygens (including phenoxy) is 2. The van der Waals surface area contributed by atoms with Gasteiger partial charge in [-0.1, -0.05) is 36.4 Å². The molecular formula is C29H29N3O5. The summed E-state index contributed by atoms with van der Waals surface area (Å²) < 4.78 is 10.9. The third-order valence-corrected chi connectivity index (χ3v) is 7.07. The molecule has 0 saturated carbocycles. The minimum absolute atomic E-state index is 0.0145. The van der Waals surface area contributed by atoms with Crippen LogP contribution < -0.4 is 14.4 Å². The Bertz CT molecular complexity index is 1380. The zero-order valence-corrected chi connectivity index (χ0v) is 21.2. The lowest BCUT2D eigenvalue weighted by Crippen LogP contribution is -2.49. The standard InChI is InChI=1S/C29H29N3O5/c1-19-8-4-5-10-21(19)27(33)31-16-14-30(15-17-31)23-12-7-11-22-25(23)29(35)32(28(22)34)18-20-9-6-13-24(36-2)26(20)37-3/h4-13H,14-18H2,1-3H3. The van der Waals surface area contributed by atoms with Crippen LogP contribution in [0.1, 0.15) is 42.2 Å². The first-order valence-electron chi connectivity index (χ1n) is 12.2. The molecule has 3 aromatic rings. The molecule has 0 unspecified atom stereocenters. The summed E-state index contributed by atoms with van der Waals surface area (Å²) in [6, 6.07) is 18.3. The molecule has 2 aliphatic rings. The second-order valence-electron chi connectivity index (χ2n) is 9.14. The van der Waals surface area contributed by atoms with Gasteiger partial charge in [-0.05, 0) is 36.8 Å². The Hall–Kier alpha value is -4.33. The van der Waals surface area contributed by atoms with Crippen LogP contribution >= 0.6 is 0 Å². The van der Waals surface area contributed by atoms with E-state index >= 15 is 0 Å². The molecule has 2 aliphatic heterocycles. The number of hydrogen-bond donors (Lipinski definition) is 0. The number of para-hydroxylation sites is 1. The molecule has 1 saturated heterocycles. The molecule has 3 amide bonds. The summed E-state index contributed by atoms with van der Waals surface area (Å²) in [7, 11) is 3.08. The van der Waals surface area contributed by atoms with Crippen LogP contribution in [0.15, 0.2) is 60.7 Å². The third-order valence-electron chi connectivity index (χ3n) is 7.07. The quantitative estimate of drug-likeness (QED) is 0.481. The number of methoxy groups -OCH3 is 2. The number of piperazine rings is 1. The minimum atomic E-state index is -0.334. The molecule has 0 atom stereocenters. The lowest BCUT2D eigenvalue weighted by atomic mass is 10.1. The number of amides is 3. The van der Waals surface area contributed by atoms with Gasteiger partial charge < -0.3 is 19.3 Å². The molecule has 2 heterocycles. The Balaban J connectivity index is 1.36. The monoisotopic (exact) mass is 499 g/mol. The van der Waals surface area contributed by atoms with Gasteiger partial charge in [0.05, 0.1) is 37.6 Å². The van der Waals surface area contributed by atoms with Crippen molar-refractivity contribution in [1.82, 2.24) is 9.80 Å². The molecule has 0 radical (unpaired) electrons. The van der Waals surface area contributed by atoms with Gasteiger partial charge in [0.2, 0.25) is 0 Å². The Kier molecular flexibility index (Phi) is 6.56. The first-order valence-corrected chi connectivity index (χ1v) is 12.2. The van der Waals surface area contributed by atoms with Crippen LogP contribution in [-0.4, -0.2) is 67.9 Å². The van der Waals surface area contributed by atoms with E-state index in [1.165, 1.54) is 12.0 Å². The van der Waals surface area contributed by atoms with Crippen molar-refractivity contribution in [2.75, 3.05) is 45.3 Å². The third kappa shape index (κ3) is 4.28. The highest BCUT2D eigenvalue weighted by atomic mass is 16.5. The maximum Gasteiger partial charge on any atom is 0.263 e. The van der Waals surface area contributed by atoms with Crippen LogP contribution in [0.25, 0.3) is 0 Å². The number of imide groups is 1. The smallest absolute Gasteiger partial charge is 0.263 e. The number of aryl methyl sites for hydroxylation is 1. The Labute approximate surface area is 216 Å². The van der Waals surface area contributed by atoms with Crippen LogP contribution in [0.3, 0.4) is 0 Å². The minimum Gasteiger partial charge on any atom is -0.493 e. The van der Waals surface area contributed by atoms with Gasteiger partial charge in [-0.15, -0.1) is 0 Å². The normalized spacial score (nSPS) is 15.2. The summed E-state index contributed by atoms with van der Waals surface area (Å²) in [5.41, 5.74) is 3.87. The van der Waals surface area contributed by atoms with E-state index < -0.39 is 0 Å².